The number of carboxylic acid groups (broad SMARTS) is 1. The van der Waals surface area contributed by atoms with E-state index in [0.717, 1.165) is 19.5 Å². The van der Waals surface area contributed by atoms with E-state index in [1.54, 1.807) is 6.07 Å². The van der Waals surface area contributed by atoms with E-state index in [0.29, 0.717) is 11.7 Å². The Labute approximate surface area is 105 Å². The molecular formula is C12H15ClN2O2. The zero-order valence-corrected chi connectivity index (χ0v) is 10.4. The smallest absolute Gasteiger partial charge is 0.335 e. The topological polar surface area (TPSA) is 53.4 Å². The number of carboxylic acids is 1. The van der Waals surface area contributed by atoms with Gasteiger partial charge in [0.25, 0.3) is 0 Å². The van der Waals surface area contributed by atoms with Crippen LogP contribution in [-0.4, -0.2) is 29.1 Å². The van der Waals surface area contributed by atoms with Crippen LogP contribution < -0.4 is 4.90 Å². The molecule has 1 aromatic rings. The summed E-state index contributed by atoms with van der Waals surface area (Å²) in [4.78, 5) is 17.3. The third-order valence-corrected chi connectivity index (χ3v) is 3.20. The van der Waals surface area contributed by atoms with Crippen molar-refractivity contribution in [1.82, 2.24) is 4.98 Å². The van der Waals surface area contributed by atoms with Crippen LogP contribution in [0.2, 0.25) is 5.15 Å². The average molecular weight is 255 g/mol. The lowest BCUT2D eigenvalue weighted by Gasteiger charge is -2.32. The van der Waals surface area contributed by atoms with E-state index in [1.165, 1.54) is 12.5 Å². The quantitative estimate of drug-likeness (QED) is 0.825. The van der Waals surface area contributed by atoms with Crippen molar-refractivity contribution in [1.29, 1.82) is 0 Å². The molecule has 1 saturated heterocycles. The molecule has 1 aliphatic heterocycles. The summed E-state index contributed by atoms with van der Waals surface area (Å²) in [5.74, 6) is 0.305. The molecule has 1 fully saturated rings. The van der Waals surface area contributed by atoms with Gasteiger partial charge in [0, 0.05) is 13.1 Å². The summed E-state index contributed by atoms with van der Waals surface area (Å²) in [6, 6.07) is 2.97. The first-order chi connectivity index (χ1) is 8.06. The van der Waals surface area contributed by atoms with Crippen molar-refractivity contribution in [3.8, 4) is 0 Å². The van der Waals surface area contributed by atoms with Gasteiger partial charge in [-0.3, -0.25) is 0 Å². The lowest BCUT2D eigenvalue weighted by Crippen LogP contribution is -2.34. The summed E-state index contributed by atoms with van der Waals surface area (Å²) in [6.07, 6.45) is 2.32. The number of nitrogens with zero attached hydrogens (tertiary/aromatic N) is 2. The number of carbonyl (C=O) groups is 1. The fourth-order valence-corrected chi connectivity index (χ4v) is 2.37. The Morgan fingerprint density at radius 2 is 2.35 bits per heavy atom. The highest BCUT2D eigenvalue weighted by molar-refractivity contribution is 6.29. The standard InChI is InChI=1S/C12H15ClN2O2/c1-8-3-2-4-15(7-8)11-6-9(12(16)17)5-10(13)14-11/h5-6,8H,2-4,7H2,1H3,(H,16,17). The fraction of sp³-hybridized carbons (Fsp3) is 0.500. The molecular weight excluding hydrogens is 240 g/mol. The number of hydrogen-bond acceptors (Lipinski definition) is 3. The van der Waals surface area contributed by atoms with Gasteiger partial charge in [-0.05, 0) is 30.9 Å². The van der Waals surface area contributed by atoms with Crippen LogP contribution in [0.3, 0.4) is 0 Å². The van der Waals surface area contributed by atoms with Gasteiger partial charge in [-0.25, -0.2) is 9.78 Å². The van der Waals surface area contributed by atoms with E-state index < -0.39 is 5.97 Å². The highest BCUT2D eigenvalue weighted by Crippen LogP contribution is 2.24. The molecule has 1 atom stereocenters. The third kappa shape index (κ3) is 2.88. The number of anilines is 1. The van der Waals surface area contributed by atoms with Crippen molar-refractivity contribution in [3.63, 3.8) is 0 Å². The Hall–Kier alpha value is -1.29. The maximum atomic E-state index is 10.9. The first-order valence-corrected chi connectivity index (χ1v) is 6.10. The first kappa shape index (κ1) is 12.2. The molecule has 5 heteroatoms. The number of piperidine rings is 1. The number of aromatic carboxylic acids is 1. The molecule has 2 heterocycles. The first-order valence-electron chi connectivity index (χ1n) is 5.72. The summed E-state index contributed by atoms with van der Waals surface area (Å²) >= 11 is 5.85. The summed E-state index contributed by atoms with van der Waals surface area (Å²) < 4.78 is 0. The van der Waals surface area contributed by atoms with Crippen molar-refractivity contribution in [3.05, 3.63) is 22.8 Å². The number of aromatic nitrogens is 1. The minimum absolute atomic E-state index is 0.193. The van der Waals surface area contributed by atoms with Crippen molar-refractivity contribution >= 4 is 23.4 Å². The van der Waals surface area contributed by atoms with Gasteiger partial charge in [-0.1, -0.05) is 18.5 Å². The summed E-state index contributed by atoms with van der Waals surface area (Å²) in [6.45, 7) is 4.01. The monoisotopic (exact) mass is 254 g/mol. The zero-order chi connectivity index (χ0) is 12.4. The molecule has 1 aromatic heterocycles. The summed E-state index contributed by atoms with van der Waals surface area (Å²) in [5.41, 5.74) is 0.193. The lowest BCUT2D eigenvalue weighted by molar-refractivity contribution is 0.0697. The van der Waals surface area contributed by atoms with Crippen molar-refractivity contribution < 1.29 is 9.90 Å². The Morgan fingerprint density at radius 3 is 3.00 bits per heavy atom. The molecule has 0 saturated carbocycles. The highest BCUT2D eigenvalue weighted by Gasteiger charge is 2.19. The Morgan fingerprint density at radius 1 is 1.59 bits per heavy atom. The molecule has 1 N–H and O–H groups in total. The molecule has 92 valence electrons. The van der Waals surface area contributed by atoms with E-state index in [2.05, 4.69) is 16.8 Å². The molecule has 0 aromatic carbocycles. The predicted molar refractivity (Wildman–Crippen MR) is 66.8 cm³/mol. The van der Waals surface area contributed by atoms with Gasteiger partial charge in [-0.15, -0.1) is 0 Å². The van der Waals surface area contributed by atoms with Crippen LogP contribution >= 0.6 is 11.6 Å². The predicted octanol–water partition coefficient (Wildman–Crippen LogP) is 2.67. The van der Waals surface area contributed by atoms with Crippen LogP contribution in [0.5, 0.6) is 0 Å². The van der Waals surface area contributed by atoms with E-state index in [4.69, 9.17) is 16.7 Å². The summed E-state index contributed by atoms with van der Waals surface area (Å²) in [5, 5.41) is 9.21. The second-order valence-electron chi connectivity index (χ2n) is 4.54. The van der Waals surface area contributed by atoms with Crippen molar-refractivity contribution in [2.75, 3.05) is 18.0 Å². The van der Waals surface area contributed by atoms with E-state index in [9.17, 15) is 4.79 Å². The molecule has 0 radical (unpaired) electrons. The van der Waals surface area contributed by atoms with E-state index in [-0.39, 0.29) is 10.7 Å². The molecule has 0 spiro atoms. The third-order valence-electron chi connectivity index (χ3n) is 3.01. The largest absolute Gasteiger partial charge is 0.478 e. The average Bonchev–Trinajstić information content (AvgIpc) is 2.28. The van der Waals surface area contributed by atoms with Gasteiger partial charge in [0.05, 0.1) is 5.56 Å². The fourth-order valence-electron chi connectivity index (χ4n) is 2.17. The maximum absolute atomic E-state index is 10.9. The highest BCUT2D eigenvalue weighted by atomic mass is 35.5. The van der Waals surface area contributed by atoms with Gasteiger partial charge in [0.15, 0.2) is 0 Å². The lowest BCUT2D eigenvalue weighted by atomic mass is 10.0. The second kappa shape index (κ2) is 4.92. The normalized spacial score (nSPS) is 20.4. The van der Waals surface area contributed by atoms with Gasteiger partial charge in [0.1, 0.15) is 11.0 Å². The van der Waals surface area contributed by atoms with Crippen LogP contribution in [-0.2, 0) is 0 Å². The molecule has 0 bridgehead atoms. The molecule has 0 amide bonds. The van der Waals surface area contributed by atoms with Gasteiger partial charge >= 0.3 is 5.97 Å². The van der Waals surface area contributed by atoms with Gasteiger partial charge in [0.2, 0.25) is 0 Å². The number of halogens is 1. The molecule has 4 nitrogen and oxygen atoms in total. The van der Waals surface area contributed by atoms with Crippen LogP contribution in [0.25, 0.3) is 0 Å². The van der Waals surface area contributed by atoms with Crippen LogP contribution in [0.15, 0.2) is 12.1 Å². The van der Waals surface area contributed by atoms with Crippen LogP contribution in [0.1, 0.15) is 30.1 Å². The van der Waals surface area contributed by atoms with Crippen molar-refractivity contribution in [2.45, 2.75) is 19.8 Å². The van der Waals surface area contributed by atoms with Crippen LogP contribution in [0.4, 0.5) is 5.82 Å². The van der Waals surface area contributed by atoms with Crippen LogP contribution in [0, 0.1) is 5.92 Å². The minimum Gasteiger partial charge on any atom is -0.478 e. The number of rotatable bonds is 2. The maximum Gasteiger partial charge on any atom is 0.335 e. The molecule has 1 unspecified atom stereocenters. The van der Waals surface area contributed by atoms with Gasteiger partial charge in [-0.2, -0.15) is 0 Å². The molecule has 2 rings (SSSR count). The number of pyridine rings is 1. The number of hydrogen-bond donors (Lipinski definition) is 1. The molecule has 0 aliphatic carbocycles. The van der Waals surface area contributed by atoms with E-state index >= 15 is 0 Å². The Bertz CT molecular complexity index is 437. The second-order valence-corrected chi connectivity index (χ2v) is 4.92. The molecule has 1 aliphatic rings. The Kier molecular flexibility index (Phi) is 3.52. The zero-order valence-electron chi connectivity index (χ0n) is 9.69. The summed E-state index contributed by atoms with van der Waals surface area (Å²) in [7, 11) is 0. The Balaban J connectivity index is 2.28. The van der Waals surface area contributed by atoms with Crippen molar-refractivity contribution in [2.24, 2.45) is 5.92 Å². The van der Waals surface area contributed by atoms with E-state index in [1.807, 2.05) is 0 Å². The minimum atomic E-state index is -0.972. The molecule has 17 heavy (non-hydrogen) atoms. The van der Waals surface area contributed by atoms with Gasteiger partial charge < -0.3 is 10.0 Å². The SMILES string of the molecule is CC1CCCN(c2cc(C(=O)O)cc(Cl)n2)C1.